The minimum absolute atomic E-state index is 0.145. The molecular weight excluding hydrogens is 394 g/mol. The van der Waals surface area contributed by atoms with Crippen molar-refractivity contribution < 1.29 is 13.5 Å². The molecule has 0 saturated heterocycles. The Morgan fingerprint density at radius 3 is 2.23 bits per heavy atom. The van der Waals surface area contributed by atoms with Gasteiger partial charge in [-0.05, 0) is 48.8 Å². The molecule has 0 bridgehead atoms. The van der Waals surface area contributed by atoms with E-state index in [4.69, 9.17) is 4.74 Å². The number of aryl methyl sites for hydroxylation is 1. The average molecular weight is 431 g/mol. The van der Waals surface area contributed by atoms with Crippen LogP contribution in [0.1, 0.15) is 83.6 Å². The summed E-state index contributed by atoms with van der Waals surface area (Å²) >= 11 is 0. The van der Waals surface area contributed by atoms with Crippen molar-refractivity contribution >= 4 is 0 Å². The van der Waals surface area contributed by atoms with Gasteiger partial charge in [0.25, 0.3) is 0 Å². The summed E-state index contributed by atoms with van der Waals surface area (Å²) in [6, 6.07) is 6.62. The van der Waals surface area contributed by atoms with E-state index < -0.39 is 11.6 Å². The van der Waals surface area contributed by atoms with Gasteiger partial charge in [0.05, 0.1) is 12.3 Å². The van der Waals surface area contributed by atoms with Crippen LogP contribution in [-0.4, -0.2) is 16.8 Å². The van der Waals surface area contributed by atoms with Gasteiger partial charge in [-0.3, -0.25) is 0 Å². The molecule has 3 rings (SSSR count). The molecule has 0 amide bonds. The fourth-order valence-electron chi connectivity index (χ4n) is 4.63. The van der Waals surface area contributed by atoms with Gasteiger partial charge in [-0.2, -0.15) is 0 Å². The summed E-state index contributed by atoms with van der Waals surface area (Å²) in [7, 11) is 0. The lowest BCUT2D eigenvalue weighted by atomic mass is 9.78. The van der Waals surface area contributed by atoms with Gasteiger partial charge in [0.1, 0.15) is 0 Å². The summed E-state index contributed by atoms with van der Waals surface area (Å²) in [5, 5.41) is 8.04. The van der Waals surface area contributed by atoms with E-state index in [0.717, 1.165) is 31.6 Å². The van der Waals surface area contributed by atoms with Crippen molar-refractivity contribution in [3.8, 4) is 17.1 Å². The van der Waals surface area contributed by atoms with E-state index in [1.54, 1.807) is 24.3 Å². The zero-order chi connectivity index (χ0) is 22.1. The van der Waals surface area contributed by atoms with Crippen molar-refractivity contribution in [3.63, 3.8) is 0 Å². The average Bonchev–Trinajstić information content (AvgIpc) is 2.79. The number of unbranched alkanes of at least 4 members (excludes halogenated alkanes) is 2. The topological polar surface area (TPSA) is 35.0 Å². The molecular formula is C26H36F2N2O. The molecule has 5 heteroatoms. The second-order valence-corrected chi connectivity index (χ2v) is 8.93. The number of hydrogen-bond acceptors (Lipinski definition) is 3. The molecule has 1 heterocycles. The standard InChI is InChI=1S/C26H36F2N2O/c1-3-5-6-18-31-24-17-16-23(29-30-24)22-15-14-21(25(27)26(22)28)13-12-20-10-8-19(7-4-2)9-11-20/h14-17,19-20H,3-13,18H2,1-2H3. The predicted octanol–water partition coefficient (Wildman–Crippen LogP) is 7.53. The molecule has 170 valence electrons. The van der Waals surface area contributed by atoms with Gasteiger partial charge in [-0.25, -0.2) is 8.78 Å². The van der Waals surface area contributed by atoms with Crippen LogP contribution >= 0.6 is 0 Å². The first-order valence-corrected chi connectivity index (χ1v) is 12.1. The van der Waals surface area contributed by atoms with Gasteiger partial charge in [0.2, 0.25) is 5.88 Å². The van der Waals surface area contributed by atoms with Gasteiger partial charge in [-0.15, -0.1) is 10.2 Å². The Morgan fingerprint density at radius 2 is 1.58 bits per heavy atom. The fraction of sp³-hybridized carbons (Fsp3) is 0.615. The fourth-order valence-corrected chi connectivity index (χ4v) is 4.63. The number of ether oxygens (including phenoxy) is 1. The van der Waals surface area contributed by atoms with Crippen molar-refractivity contribution in [1.82, 2.24) is 10.2 Å². The lowest BCUT2D eigenvalue weighted by Gasteiger charge is -2.28. The third-order valence-electron chi connectivity index (χ3n) is 6.56. The minimum atomic E-state index is -0.838. The van der Waals surface area contributed by atoms with Crippen molar-refractivity contribution in [2.24, 2.45) is 11.8 Å². The van der Waals surface area contributed by atoms with Crippen molar-refractivity contribution in [2.45, 2.75) is 84.5 Å². The molecule has 0 unspecified atom stereocenters. The van der Waals surface area contributed by atoms with Crippen LogP contribution in [-0.2, 0) is 6.42 Å². The van der Waals surface area contributed by atoms with Gasteiger partial charge >= 0.3 is 0 Å². The van der Waals surface area contributed by atoms with E-state index in [1.165, 1.54) is 38.5 Å². The van der Waals surface area contributed by atoms with Gasteiger partial charge < -0.3 is 4.74 Å². The quantitative estimate of drug-likeness (QED) is 0.346. The van der Waals surface area contributed by atoms with E-state index in [1.807, 2.05) is 0 Å². The van der Waals surface area contributed by atoms with E-state index in [-0.39, 0.29) is 5.56 Å². The molecule has 1 aromatic carbocycles. The number of hydrogen-bond donors (Lipinski definition) is 0. The van der Waals surface area contributed by atoms with E-state index in [2.05, 4.69) is 24.0 Å². The largest absolute Gasteiger partial charge is 0.477 e. The third-order valence-corrected chi connectivity index (χ3v) is 6.56. The zero-order valence-electron chi connectivity index (χ0n) is 19.0. The van der Waals surface area contributed by atoms with E-state index >= 15 is 0 Å². The lowest BCUT2D eigenvalue weighted by Crippen LogP contribution is -2.15. The maximum atomic E-state index is 14.8. The Balaban J connectivity index is 1.56. The van der Waals surface area contributed by atoms with Crippen LogP contribution in [0.15, 0.2) is 24.3 Å². The predicted molar refractivity (Wildman–Crippen MR) is 121 cm³/mol. The Hall–Kier alpha value is -2.04. The molecule has 2 aromatic rings. The maximum Gasteiger partial charge on any atom is 0.233 e. The molecule has 0 spiro atoms. The molecule has 1 fully saturated rings. The SMILES string of the molecule is CCCCCOc1ccc(-c2ccc(CCC3CCC(CCC)CC3)c(F)c2F)nn1. The summed E-state index contributed by atoms with van der Waals surface area (Å²) in [6.45, 7) is 4.96. The second kappa shape index (κ2) is 12.1. The molecule has 1 aromatic heterocycles. The number of benzene rings is 1. The van der Waals surface area contributed by atoms with Crippen LogP contribution in [0.2, 0.25) is 0 Å². The first-order valence-electron chi connectivity index (χ1n) is 12.1. The van der Waals surface area contributed by atoms with Gasteiger partial charge in [0, 0.05) is 11.6 Å². The number of nitrogens with zero attached hydrogens (tertiary/aromatic N) is 2. The monoisotopic (exact) mass is 430 g/mol. The molecule has 0 radical (unpaired) electrons. The molecule has 1 saturated carbocycles. The Bertz CT molecular complexity index is 802. The number of aromatic nitrogens is 2. The maximum absolute atomic E-state index is 14.8. The highest BCUT2D eigenvalue weighted by molar-refractivity contribution is 5.60. The highest BCUT2D eigenvalue weighted by Gasteiger charge is 2.22. The Kier molecular flexibility index (Phi) is 9.23. The van der Waals surface area contributed by atoms with Crippen molar-refractivity contribution in [1.29, 1.82) is 0 Å². The Labute approximate surface area is 185 Å². The zero-order valence-corrected chi connectivity index (χ0v) is 19.0. The molecule has 1 aliphatic rings. The molecule has 31 heavy (non-hydrogen) atoms. The van der Waals surface area contributed by atoms with Crippen LogP contribution < -0.4 is 4.74 Å². The molecule has 0 aliphatic heterocycles. The molecule has 3 nitrogen and oxygen atoms in total. The van der Waals surface area contributed by atoms with E-state index in [9.17, 15) is 8.78 Å². The van der Waals surface area contributed by atoms with Crippen LogP contribution in [0.3, 0.4) is 0 Å². The van der Waals surface area contributed by atoms with Gasteiger partial charge in [-0.1, -0.05) is 71.3 Å². The van der Waals surface area contributed by atoms with E-state index in [0.29, 0.717) is 36.1 Å². The van der Waals surface area contributed by atoms with Crippen LogP contribution in [0.5, 0.6) is 5.88 Å². The summed E-state index contributed by atoms with van der Waals surface area (Å²) < 4.78 is 35.0. The Morgan fingerprint density at radius 1 is 0.839 bits per heavy atom. The first-order chi connectivity index (χ1) is 15.1. The molecule has 0 atom stereocenters. The van der Waals surface area contributed by atoms with Crippen LogP contribution in [0.25, 0.3) is 11.3 Å². The smallest absolute Gasteiger partial charge is 0.233 e. The number of halogens is 2. The minimum Gasteiger partial charge on any atom is -0.477 e. The van der Waals surface area contributed by atoms with Crippen molar-refractivity contribution in [3.05, 3.63) is 41.5 Å². The van der Waals surface area contributed by atoms with Crippen LogP contribution in [0, 0.1) is 23.5 Å². The highest BCUT2D eigenvalue weighted by atomic mass is 19.2. The highest BCUT2D eigenvalue weighted by Crippen LogP contribution is 2.34. The summed E-state index contributed by atoms with van der Waals surface area (Å²) in [5.74, 6) is 0.315. The first kappa shape index (κ1) is 23.6. The number of rotatable bonds is 11. The summed E-state index contributed by atoms with van der Waals surface area (Å²) in [6.07, 6.45) is 12.3. The summed E-state index contributed by atoms with van der Waals surface area (Å²) in [5.41, 5.74) is 0.922. The van der Waals surface area contributed by atoms with Crippen LogP contribution in [0.4, 0.5) is 8.78 Å². The molecule has 0 N–H and O–H groups in total. The third kappa shape index (κ3) is 6.72. The summed E-state index contributed by atoms with van der Waals surface area (Å²) in [4.78, 5) is 0. The normalized spacial score (nSPS) is 18.8. The van der Waals surface area contributed by atoms with Crippen molar-refractivity contribution in [2.75, 3.05) is 6.61 Å². The lowest BCUT2D eigenvalue weighted by molar-refractivity contribution is 0.251. The molecule has 1 aliphatic carbocycles. The van der Waals surface area contributed by atoms with Gasteiger partial charge in [0.15, 0.2) is 11.6 Å². The second-order valence-electron chi connectivity index (χ2n) is 8.93.